The summed E-state index contributed by atoms with van der Waals surface area (Å²) in [6.07, 6.45) is 0. The Labute approximate surface area is 59.9 Å². The predicted molar refractivity (Wildman–Crippen MR) is 37.1 cm³/mol. The molecule has 0 atom stereocenters. The van der Waals surface area contributed by atoms with Crippen molar-refractivity contribution in [2.24, 2.45) is 0 Å². The molecule has 0 aliphatic carbocycles. The van der Waals surface area contributed by atoms with E-state index in [9.17, 15) is 4.79 Å². The fraction of sp³-hybridized carbons (Fsp3) is 0.286. The van der Waals surface area contributed by atoms with Gasteiger partial charge in [-0.1, -0.05) is 6.58 Å². The van der Waals surface area contributed by atoms with Crippen molar-refractivity contribution < 1.29 is 14.3 Å². The van der Waals surface area contributed by atoms with Crippen LogP contribution >= 0.6 is 0 Å². The number of rotatable bonds is 3. The quantitative estimate of drug-likeness (QED) is 0.337. The van der Waals surface area contributed by atoms with Gasteiger partial charge in [0.25, 0.3) is 0 Å². The van der Waals surface area contributed by atoms with Crippen LogP contribution in [-0.4, -0.2) is 13.1 Å². The highest BCUT2D eigenvalue weighted by atomic mass is 16.6. The summed E-state index contributed by atoms with van der Waals surface area (Å²) in [7, 11) is 1.26. The number of methoxy groups -OCH3 is 1. The fourth-order valence-corrected chi connectivity index (χ4v) is 0.366. The van der Waals surface area contributed by atoms with E-state index in [0.717, 1.165) is 0 Å². The molecular weight excluding hydrogens is 132 g/mol. The summed E-state index contributed by atoms with van der Waals surface area (Å²) in [6.45, 7) is 8.35. The number of carbonyl (C=O) groups excluding carboxylic acids is 1. The van der Waals surface area contributed by atoms with E-state index < -0.39 is 5.97 Å². The van der Waals surface area contributed by atoms with E-state index in [1.807, 2.05) is 0 Å². The summed E-state index contributed by atoms with van der Waals surface area (Å²) in [5, 5.41) is 0. The zero-order valence-electron chi connectivity index (χ0n) is 6.14. The molecule has 0 aromatic rings. The Kier molecular flexibility index (Phi) is 3.25. The maximum Gasteiger partial charge on any atom is 0.373 e. The number of allylic oxidation sites excluding steroid dienone is 1. The van der Waals surface area contributed by atoms with E-state index in [2.05, 4.69) is 17.9 Å². The summed E-state index contributed by atoms with van der Waals surface area (Å²) >= 11 is 0. The average molecular weight is 142 g/mol. The van der Waals surface area contributed by atoms with Crippen LogP contribution in [0.5, 0.6) is 0 Å². The fourth-order valence-electron chi connectivity index (χ4n) is 0.366. The minimum absolute atomic E-state index is 0.0463. The average Bonchev–Trinajstić information content (AvgIpc) is 1.85. The van der Waals surface area contributed by atoms with Gasteiger partial charge < -0.3 is 9.47 Å². The highest BCUT2D eigenvalue weighted by molar-refractivity contribution is 5.85. The molecule has 10 heavy (non-hydrogen) atoms. The van der Waals surface area contributed by atoms with Gasteiger partial charge in [-0.2, -0.15) is 0 Å². The normalized spacial score (nSPS) is 8.20. The molecular formula is C7H10O3. The van der Waals surface area contributed by atoms with Crippen LogP contribution in [0.25, 0.3) is 0 Å². The van der Waals surface area contributed by atoms with E-state index in [-0.39, 0.29) is 5.76 Å². The molecule has 0 spiro atoms. The lowest BCUT2D eigenvalue weighted by Gasteiger charge is -2.03. The van der Waals surface area contributed by atoms with E-state index in [1.54, 1.807) is 6.92 Å². The largest absolute Gasteiger partial charge is 0.463 e. The lowest BCUT2D eigenvalue weighted by molar-refractivity contribution is -0.139. The van der Waals surface area contributed by atoms with Crippen molar-refractivity contribution in [1.82, 2.24) is 0 Å². The molecule has 0 radical (unpaired) electrons. The molecule has 0 aromatic heterocycles. The summed E-state index contributed by atoms with van der Waals surface area (Å²) in [6, 6.07) is 0. The molecule has 0 heterocycles. The number of carbonyl (C=O) groups is 1. The molecule has 0 saturated carbocycles. The van der Waals surface area contributed by atoms with E-state index >= 15 is 0 Å². The van der Waals surface area contributed by atoms with Gasteiger partial charge in [0.1, 0.15) is 0 Å². The van der Waals surface area contributed by atoms with Crippen LogP contribution < -0.4 is 0 Å². The lowest BCUT2D eigenvalue weighted by Crippen LogP contribution is -2.05. The minimum Gasteiger partial charge on any atom is -0.463 e. The van der Waals surface area contributed by atoms with Crippen molar-refractivity contribution in [3.63, 3.8) is 0 Å². The summed E-state index contributed by atoms with van der Waals surface area (Å²) in [4.78, 5) is 10.6. The van der Waals surface area contributed by atoms with Crippen LogP contribution in [0.15, 0.2) is 24.7 Å². The molecule has 0 rings (SSSR count). The second-order valence-electron chi connectivity index (χ2n) is 1.72. The second-order valence-corrected chi connectivity index (χ2v) is 1.72. The highest BCUT2D eigenvalue weighted by Gasteiger charge is 2.06. The number of ether oxygens (including phenoxy) is 2. The van der Waals surface area contributed by atoms with Crippen LogP contribution in [0.1, 0.15) is 6.92 Å². The van der Waals surface area contributed by atoms with Gasteiger partial charge in [0.05, 0.1) is 12.9 Å². The van der Waals surface area contributed by atoms with Crippen LogP contribution in [0.2, 0.25) is 0 Å². The minimum atomic E-state index is -0.581. The Morgan fingerprint density at radius 3 is 2.20 bits per heavy atom. The maximum absolute atomic E-state index is 10.6. The van der Waals surface area contributed by atoms with Crippen molar-refractivity contribution >= 4 is 5.97 Å². The summed E-state index contributed by atoms with van der Waals surface area (Å²) in [5.74, 6) is -0.214. The molecule has 0 aliphatic rings. The highest BCUT2D eigenvalue weighted by Crippen LogP contribution is 2.01. The van der Waals surface area contributed by atoms with Crippen molar-refractivity contribution in [2.75, 3.05) is 7.11 Å². The van der Waals surface area contributed by atoms with Gasteiger partial charge in [-0.15, -0.1) is 0 Å². The summed E-state index contributed by atoms with van der Waals surface area (Å²) < 4.78 is 9.05. The number of hydrogen-bond donors (Lipinski definition) is 0. The van der Waals surface area contributed by atoms with Crippen LogP contribution in [-0.2, 0) is 14.3 Å². The standard InChI is InChI=1S/C7H10O3/c1-5(2)10-6(3)7(8)9-4/h1,3H2,2,4H3. The molecule has 3 nitrogen and oxygen atoms in total. The van der Waals surface area contributed by atoms with Gasteiger partial charge in [0.2, 0.25) is 5.76 Å². The van der Waals surface area contributed by atoms with Crippen molar-refractivity contribution in [2.45, 2.75) is 6.92 Å². The van der Waals surface area contributed by atoms with Gasteiger partial charge in [-0.05, 0) is 13.5 Å². The van der Waals surface area contributed by atoms with Crippen molar-refractivity contribution in [1.29, 1.82) is 0 Å². The van der Waals surface area contributed by atoms with Crippen LogP contribution in [0, 0.1) is 0 Å². The Hall–Kier alpha value is -1.25. The molecule has 0 unspecified atom stereocenters. The monoisotopic (exact) mass is 142 g/mol. The topological polar surface area (TPSA) is 35.5 Å². The zero-order chi connectivity index (χ0) is 8.15. The van der Waals surface area contributed by atoms with Gasteiger partial charge >= 0.3 is 5.97 Å². The molecule has 0 saturated heterocycles. The number of esters is 1. The Morgan fingerprint density at radius 2 is 1.90 bits per heavy atom. The van der Waals surface area contributed by atoms with Crippen molar-refractivity contribution in [3.05, 3.63) is 24.7 Å². The second kappa shape index (κ2) is 3.71. The molecule has 0 aromatic carbocycles. The zero-order valence-corrected chi connectivity index (χ0v) is 6.14. The van der Waals surface area contributed by atoms with E-state index in [1.165, 1.54) is 7.11 Å². The van der Waals surface area contributed by atoms with Gasteiger partial charge in [-0.3, -0.25) is 0 Å². The maximum atomic E-state index is 10.6. The Morgan fingerprint density at radius 1 is 1.40 bits per heavy atom. The van der Waals surface area contributed by atoms with E-state index in [4.69, 9.17) is 4.74 Å². The van der Waals surface area contributed by atoms with E-state index in [0.29, 0.717) is 5.76 Å². The predicted octanol–water partition coefficient (Wildman–Crippen LogP) is 1.22. The number of hydrogen-bond acceptors (Lipinski definition) is 3. The smallest absolute Gasteiger partial charge is 0.373 e. The Balaban J connectivity index is 3.86. The first-order chi connectivity index (χ1) is 4.57. The third-order valence-electron chi connectivity index (χ3n) is 0.710. The molecule has 0 bridgehead atoms. The SMILES string of the molecule is C=C(C)OC(=C)C(=O)OC. The van der Waals surface area contributed by atoms with Gasteiger partial charge in [0.15, 0.2) is 0 Å². The third kappa shape index (κ3) is 2.91. The van der Waals surface area contributed by atoms with Crippen molar-refractivity contribution in [3.8, 4) is 0 Å². The molecule has 0 amide bonds. The first-order valence-electron chi connectivity index (χ1n) is 2.68. The first-order valence-corrected chi connectivity index (χ1v) is 2.68. The summed E-state index contributed by atoms with van der Waals surface area (Å²) in [5.41, 5.74) is 0. The molecule has 56 valence electrons. The molecule has 3 heteroatoms. The van der Waals surface area contributed by atoms with Gasteiger partial charge in [-0.25, -0.2) is 4.79 Å². The molecule has 0 aliphatic heterocycles. The van der Waals surface area contributed by atoms with Crippen LogP contribution in [0.4, 0.5) is 0 Å². The van der Waals surface area contributed by atoms with Crippen LogP contribution in [0.3, 0.4) is 0 Å². The first kappa shape index (κ1) is 8.75. The molecule has 0 N–H and O–H groups in total. The molecule has 0 fully saturated rings. The Bertz CT molecular complexity index is 170. The lowest BCUT2D eigenvalue weighted by atomic mass is 10.5. The third-order valence-corrected chi connectivity index (χ3v) is 0.710. The van der Waals surface area contributed by atoms with Gasteiger partial charge in [0, 0.05) is 0 Å².